The van der Waals surface area contributed by atoms with E-state index >= 15 is 0 Å². The van der Waals surface area contributed by atoms with Gasteiger partial charge in [-0.15, -0.1) is 11.3 Å². The summed E-state index contributed by atoms with van der Waals surface area (Å²) in [6.07, 6.45) is 0. The van der Waals surface area contributed by atoms with Gasteiger partial charge in [-0.25, -0.2) is 9.97 Å². The van der Waals surface area contributed by atoms with Crippen molar-refractivity contribution in [3.8, 4) is 17.3 Å². The maximum atomic E-state index is 12.9. The lowest BCUT2D eigenvalue weighted by Gasteiger charge is -2.18. The Morgan fingerprint density at radius 2 is 2.10 bits per heavy atom. The average molecular weight is 407 g/mol. The molecule has 1 amide bonds. The van der Waals surface area contributed by atoms with E-state index in [9.17, 15) is 4.79 Å². The largest absolute Gasteiger partial charge is 0.496 e. The zero-order valence-electron chi connectivity index (χ0n) is 16.5. The minimum absolute atomic E-state index is 0.0966. The first kappa shape index (κ1) is 19.1. The number of carbonyl (C=O) groups excluding carboxylic acids is 1. The molecule has 1 unspecified atom stereocenters. The molecule has 4 rings (SSSR count). The fourth-order valence-electron chi connectivity index (χ4n) is 3.45. The third kappa shape index (κ3) is 3.86. The number of thiazole rings is 1. The summed E-state index contributed by atoms with van der Waals surface area (Å²) < 4.78 is 7.38. The number of amides is 1. The number of para-hydroxylation sites is 2. The second-order valence-corrected chi connectivity index (χ2v) is 7.64. The Kier molecular flexibility index (Phi) is 5.31. The van der Waals surface area contributed by atoms with Gasteiger partial charge in [-0.1, -0.05) is 29.8 Å². The van der Waals surface area contributed by atoms with E-state index in [-0.39, 0.29) is 18.5 Å². The average Bonchev–Trinajstić information content (AvgIpc) is 3.36. The number of methoxy groups -OCH3 is 1. The van der Waals surface area contributed by atoms with Crippen LogP contribution in [0.4, 0.5) is 0 Å². The van der Waals surface area contributed by atoms with Crippen molar-refractivity contribution in [2.45, 2.75) is 26.4 Å². The highest BCUT2D eigenvalue weighted by atomic mass is 32.1. The Labute approximate surface area is 173 Å². The van der Waals surface area contributed by atoms with Crippen LogP contribution in [0.25, 0.3) is 22.6 Å². The summed E-state index contributed by atoms with van der Waals surface area (Å²) >= 11 is 1.51. The maximum Gasteiger partial charge on any atom is 0.240 e. The van der Waals surface area contributed by atoms with Crippen LogP contribution in [0.1, 0.15) is 24.1 Å². The third-order valence-electron chi connectivity index (χ3n) is 4.85. The Bertz CT molecular complexity index is 1150. The van der Waals surface area contributed by atoms with Crippen molar-refractivity contribution in [1.29, 1.82) is 0 Å². The molecule has 0 fully saturated rings. The quantitative estimate of drug-likeness (QED) is 0.517. The van der Waals surface area contributed by atoms with E-state index in [2.05, 4.69) is 10.3 Å². The number of imidazole rings is 1. The van der Waals surface area contributed by atoms with Gasteiger partial charge in [0.05, 0.1) is 29.7 Å². The normalized spacial score (nSPS) is 12.1. The number of nitrogens with one attached hydrogen (secondary N) is 1. The molecule has 7 heteroatoms. The fourth-order valence-corrected chi connectivity index (χ4v) is 3.99. The van der Waals surface area contributed by atoms with Crippen LogP contribution >= 0.6 is 11.3 Å². The number of rotatable bonds is 6. The molecule has 29 heavy (non-hydrogen) atoms. The highest BCUT2D eigenvalue weighted by Gasteiger charge is 2.19. The molecule has 0 aliphatic heterocycles. The lowest BCUT2D eigenvalue weighted by atomic mass is 10.0. The van der Waals surface area contributed by atoms with Crippen LogP contribution in [-0.2, 0) is 11.3 Å². The van der Waals surface area contributed by atoms with Crippen molar-refractivity contribution in [3.63, 3.8) is 0 Å². The van der Waals surface area contributed by atoms with Gasteiger partial charge in [-0.3, -0.25) is 4.79 Å². The molecule has 0 aliphatic carbocycles. The first-order chi connectivity index (χ1) is 14.1. The number of ether oxygens (including phenoxy) is 1. The first-order valence-electron chi connectivity index (χ1n) is 9.34. The summed E-state index contributed by atoms with van der Waals surface area (Å²) in [4.78, 5) is 22.0. The summed E-state index contributed by atoms with van der Waals surface area (Å²) in [6.45, 7) is 4.14. The van der Waals surface area contributed by atoms with Gasteiger partial charge < -0.3 is 14.6 Å². The molecule has 1 atom stereocenters. The number of aromatic nitrogens is 3. The standard InChI is InChI=1S/C22H22N4O2S/c1-14-8-9-20(28-3)16(10-14)15(2)24-21(27)11-26-19-7-5-4-6-17(19)25-22(26)18-12-29-13-23-18/h4-10,12-13,15H,11H2,1-3H3,(H,24,27). The highest BCUT2D eigenvalue weighted by molar-refractivity contribution is 7.07. The number of hydrogen-bond acceptors (Lipinski definition) is 5. The molecule has 148 valence electrons. The number of hydrogen-bond donors (Lipinski definition) is 1. The van der Waals surface area contributed by atoms with E-state index < -0.39 is 0 Å². The molecule has 2 aromatic carbocycles. The van der Waals surface area contributed by atoms with Gasteiger partial charge in [-0.05, 0) is 32.0 Å². The van der Waals surface area contributed by atoms with Gasteiger partial charge in [0.25, 0.3) is 0 Å². The van der Waals surface area contributed by atoms with E-state index in [0.717, 1.165) is 33.6 Å². The van der Waals surface area contributed by atoms with Crippen LogP contribution in [0.5, 0.6) is 5.75 Å². The first-order valence-corrected chi connectivity index (χ1v) is 10.3. The van der Waals surface area contributed by atoms with Gasteiger partial charge >= 0.3 is 0 Å². The predicted octanol–water partition coefficient (Wildman–Crippen LogP) is 4.35. The lowest BCUT2D eigenvalue weighted by Crippen LogP contribution is -2.30. The minimum atomic E-state index is -0.185. The monoisotopic (exact) mass is 406 g/mol. The minimum Gasteiger partial charge on any atom is -0.496 e. The lowest BCUT2D eigenvalue weighted by molar-refractivity contribution is -0.122. The summed E-state index contributed by atoms with van der Waals surface area (Å²) in [6, 6.07) is 13.6. The van der Waals surface area contributed by atoms with Crippen LogP contribution < -0.4 is 10.1 Å². The summed E-state index contributed by atoms with van der Waals surface area (Å²) in [5.74, 6) is 1.36. The van der Waals surface area contributed by atoms with E-state index in [1.807, 2.05) is 66.3 Å². The SMILES string of the molecule is COc1ccc(C)cc1C(C)NC(=O)Cn1c(-c2cscn2)nc2ccccc21. The van der Waals surface area contributed by atoms with Crippen molar-refractivity contribution in [2.75, 3.05) is 7.11 Å². The summed E-state index contributed by atoms with van der Waals surface area (Å²) in [5, 5.41) is 5.03. The van der Waals surface area contributed by atoms with Gasteiger partial charge in [0.1, 0.15) is 18.0 Å². The third-order valence-corrected chi connectivity index (χ3v) is 5.43. The molecule has 0 saturated carbocycles. The van der Waals surface area contributed by atoms with Crippen LogP contribution in [0, 0.1) is 6.92 Å². The van der Waals surface area contributed by atoms with Gasteiger partial charge in [0, 0.05) is 10.9 Å². The maximum absolute atomic E-state index is 12.9. The second-order valence-electron chi connectivity index (χ2n) is 6.92. The second kappa shape index (κ2) is 8.05. The molecule has 2 aromatic heterocycles. The molecule has 0 aliphatic rings. The number of nitrogens with zero attached hydrogens (tertiary/aromatic N) is 3. The van der Waals surface area contributed by atoms with E-state index in [1.165, 1.54) is 11.3 Å². The molecule has 0 spiro atoms. The van der Waals surface area contributed by atoms with Gasteiger partial charge in [0.2, 0.25) is 5.91 Å². The molecule has 0 saturated heterocycles. The Morgan fingerprint density at radius 1 is 1.28 bits per heavy atom. The highest BCUT2D eigenvalue weighted by Crippen LogP contribution is 2.27. The summed E-state index contributed by atoms with van der Waals surface area (Å²) in [7, 11) is 1.64. The summed E-state index contributed by atoms with van der Waals surface area (Å²) in [5.41, 5.74) is 6.37. The van der Waals surface area contributed by atoms with E-state index in [1.54, 1.807) is 12.6 Å². The van der Waals surface area contributed by atoms with Gasteiger partial charge in [-0.2, -0.15) is 0 Å². The van der Waals surface area contributed by atoms with Crippen LogP contribution in [0.3, 0.4) is 0 Å². The van der Waals surface area contributed by atoms with Gasteiger partial charge in [0.15, 0.2) is 5.82 Å². The fraction of sp³-hybridized carbons (Fsp3) is 0.227. The Morgan fingerprint density at radius 3 is 2.86 bits per heavy atom. The van der Waals surface area contributed by atoms with E-state index in [4.69, 9.17) is 9.72 Å². The predicted molar refractivity (Wildman–Crippen MR) is 115 cm³/mol. The van der Waals surface area contributed by atoms with Crippen molar-refractivity contribution < 1.29 is 9.53 Å². The molecular weight excluding hydrogens is 384 g/mol. The Balaban J connectivity index is 1.61. The topological polar surface area (TPSA) is 69.0 Å². The number of fused-ring (bicyclic) bond motifs is 1. The van der Waals surface area contributed by atoms with Crippen molar-refractivity contribution in [2.24, 2.45) is 0 Å². The molecule has 6 nitrogen and oxygen atoms in total. The number of benzene rings is 2. The molecular formula is C22H22N4O2S. The number of aryl methyl sites for hydroxylation is 1. The molecule has 0 radical (unpaired) electrons. The Hall–Kier alpha value is -3.19. The smallest absolute Gasteiger partial charge is 0.240 e. The van der Waals surface area contributed by atoms with Crippen LogP contribution in [-0.4, -0.2) is 27.6 Å². The zero-order chi connectivity index (χ0) is 20.4. The van der Waals surface area contributed by atoms with Crippen molar-refractivity contribution >= 4 is 28.3 Å². The van der Waals surface area contributed by atoms with Crippen LogP contribution in [0.15, 0.2) is 53.4 Å². The molecule has 2 heterocycles. The van der Waals surface area contributed by atoms with Crippen molar-refractivity contribution in [3.05, 3.63) is 64.5 Å². The molecule has 1 N–H and O–H groups in total. The molecule has 4 aromatic rings. The van der Waals surface area contributed by atoms with E-state index in [0.29, 0.717) is 5.82 Å². The molecule has 0 bridgehead atoms. The van der Waals surface area contributed by atoms with Crippen molar-refractivity contribution in [1.82, 2.24) is 19.9 Å². The number of carbonyl (C=O) groups is 1. The van der Waals surface area contributed by atoms with Crippen LogP contribution in [0.2, 0.25) is 0 Å². The zero-order valence-corrected chi connectivity index (χ0v) is 17.4.